The first kappa shape index (κ1) is 14.9. The summed E-state index contributed by atoms with van der Waals surface area (Å²) in [6.45, 7) is 4.77. The quantitative estimate of drug-likeness (QED) is 0.691. The van der Waals surface area contributed by atoms with Gasteiger partial charge in [0.05, 0.1) is 11.2 Å². The van der Waals surface area contributed by atoms with Crippen LogP contribution in [0.2, 0.25) is 0 Å². The van der Waals surface area contributed by atoms with Crippen molar-refractivity contribution in [2.45, 2.75) is 32.1 Å². The molecule has 0 saturated heterocycles. The average Bonchev–Trinajstić information content (AvgIpc) is 3.24. The Labute approximate surface area is 141 Å². The highest BCUT2D eigenvalue weighted by molar-refractivity contribution is 5.93. The van der Waals surface area contributed by atoms with Gasteiger partial charge in [0.15, 0.2) is 11.5 Å². The predicted octanol–water partition coefficient (Wildman–Crippen LogP) is 4.58. The Morgan fingerprint density at radius 1 is 1.08 bits per heavy atom. The molecule has 0 spiro atoms. The van der Waals surface area contributed by atoms with Gasteiger partial charge >= 0.3 is 0 Å². The summed E-state index contributed by atoms with van der Waals surface area (Å²) in [5.41, 5.74) is 10.4. The van der Waals surface area contributed by atoms with Gasteiger partial charge in [-0.3, -0.25) is 0 Å². The highest BCUT2D eigenvalue weighted by Crippen LogP contribution is 2.45. The monoisotopic (exact) mass is 322 g/mol. The third kappa shape index (κ3) is 1.99. The topological polar surface area (TPSA) is 60.3 Å². The van der Waals surface area contributed by atoms with Crippen LogP contribution in [0.25, 0.3) is 10.9 Å². The highest BCUT2D eigenvalue weighted by atomic mass is 16.7. The molecule has 3 N–H and O–H groups in total. The van der Waals surface area contributed by atoms with Crippen LogP contribution in [0.3, 0.4) is 0 Å². The standard InChI is InChI=1S/C20H22N2O2/c1-3-20(4-2,13-8-9-17-18(10-13)24-12-23-17)15-11-22-19-14(15)6-5-7-16(19)21/h5-11,22H,3-4,12,21H2,1-2H3. The molecule has 1 aliphatic rings. The number of aromatic amines is 1. The fraction of sp³-hybridized carbons (Fsp3) is 0.300. The molecule has 0 amide bonds. The van der Waals surface area contributed by atoms with Crippen molar-refractivity contribution in [1.29, 1.82) is 0 Å². The molecule has 3 aromatic rings. The zero-order valence-electron chi connectivity index (χ0n) is 14.1. The van der Waals surface area contributed by atoms with Crippen LogP contribution in [0.5, 0.6) is 11.5 Å². The maximum atomic E-state index is 6.14. The molecule has 0 saturated carbocycles. The SMILES string of the molecule is CCC(CC)(c1ccc2c(c1)OCO2)c1c[nH]c2c(N)cccc12. The number of nitrogen functional groups attached to an aromatic ring is 1. The second kappa shape index (κ2) is 5.48. The van der Waals surface area contributed by atoms with Crippen molar-refractivity contribution in [2.75, 3.05) is 12.5 Å². The second-order valence-electron chi connectivity index (χ2n) is 6.33. The Bertz CT molecular complexity index is 894. The zero-order valence-corrected chi connectivity index (χ0v) is 14.1. The lowest BCUT2D eigenvalue weighted by atomic mass is 9.70. The molecule has 2 heterocycles. The van der Waals surface area contributed by atoms with Crippen LogP contribution >= 0.6 is 0 Å². The Morgan fingerprint density at radius 2 is 1.88 bits per heavy atom. The third-order valence-corrected chi connectivity index (χ3v) is 5.40. The largest absolute Gasteiger partial charge is 0.454 e. The van der Waals surface area contributed by atoms with Crippen LogP contribution in [0.1, 0.15) is 37.8 Å². The number of fused-ring (bicyclic) bond motifs is 2. The van der Waals surface area contributed by atoms with Gasteiger partial charge < -0.3 is 20.2 Å². The molecular weight excluding hydrogens is 300 g/mol. The normalized spacial score (nSPS) is 13.6. The highest BCUT2D eigenvalue weighted by Gasteiger charge is 2.34. The van der Waals surface area contributed by atoms with Crippen LogP contribution < -0.4 is 15.2 Å². The molecule has 124 valence electrons. The first-order valence-corrected chi connectivity index (χ1v) is 8.45. The van der Waals surface area contributed by atoms with E-state index in [-0.39, 0.29) is 5.41 Å². The molecule has 1 aromatic heterocycles. The average molecular weight is 322 g/mol. The number of ether oxygens (including phenoxy) is 2. The number of hydrogen-bond donors (Lipinski definition) is 2. The number of aromatic nitrogens is 1. The van der Waals surface area contributed by atoms with Gasteiger partial charge in [0.25, 0.3) is 0 Å². The Morgan fingerprint density at radius 3 is 2.67 bits per heavy atom. The summed E-state index contributed by atoms with van der Waals surface area (Å²) in [6, 6.07) is 12.4. The first-order valence-electron chi connectivity index (χ1n) is 8.45. The first-order chi connectivity index (χ1) is 11.7. The van der Waals surface area contributed by atoms with Crippen LogP contribution in [-0.4, -0.2) is 11.8 Å². The second-order valence-corrected chi connectivity index (χ2v) is 6.33. The fourth-order valence-corrected chi connectivity index (χ4v) is 3.96. The van der Waals surface area contributed by atoms with E-state index in [2.05, 4.69) is 43.2 Å². The van der Waals surface area contributed by atoms with Gasteiger partial charge in [-0.1, -0.05) is 32.0 Å². The van der Waals surface area contributed by atoms with E-state index in [0.29, 0.717) is 6.79 Å². The fourth-order valence-electron chi connectivity index (χ4n) is 3.96. The number of para-hydroxylation sites is 1. The third-order valence-electron chi connectivity index (χ3n) is 5.40. The van der Waals surface area contributed by atoms with Crippen molar-refractivity contribution in [3.63, 3.8) is 0 Å². The van der Waals surface area contributed by atoms with E-state index in [1.165, 1.54) is 16.5 Å². The molecule has 0 radical (unpaired) electrons. The van der Waals surface area contributed by atoms with Gasteiger partial charge in [-0.25, -0.2) is 0 Å². The molecule has 0 aliphatic carbocycles. The summed E-state index contributed by atoms with van der Waals surface area (Å²) in [5.74, 6) is 1.65. The molecule has 4 heteroatoms. The zero-order chi connectivity index (χ0) is 16.7. The van der Waals surface area contributed by atoms with Crippen LogP contribution in [0.15, 0.2) is 42.6 Å². The number of nitrogens with one attached hydrogen (secondary N) is 1. The van der Waals surface area contributed by atoms with Crippen LogP contribution in [0, 0.1) is 0 Å². The summed E-state index contributed by atoms with van der Waals surface area (Å²) in [4.78, 5) is 3.37. The summed E-state index contributed by atoms with van der Waals surface area (Å²) in [5, 5.41) is 1.19. The smallest absolute Gasteiger partial charge is 0.231 e. The van der Waals surface area contributed by atoms with E-state index in [1.807, 2.05) is 18.2 Å². The Kier molecular flexibility index (Phi) is 3.41. The minimum absolute atomic E-state index is 0.0903. The van der Waals surface area contributed by atoms with Gasteiger partial charge in [-0.05, 0) is 42.2 Å². The van der Waals surface area contributed by atoms with Crippen molar-refractivity contribution in [3.8, 4) is 11.5 Å². The maximum Gasteiger partial charge on any atom is 0.231 e. The van der Waals surface area contributed by atoms with Crippen LogP contribution in [0.4, 0.5) is 5.69 Å². The van der Waals surface area contributed by atoms with Crippen molar-refractivity contribution in [2.24, 2.45) is 0 Å². The molecule has 0 atom stereocenters. The molecule has 0 fully saturated rings. The van der Waals surface area contributed by atoms with Crippen LogP contribution in [-0.2, 0) is 5.41 Å². The van der Waals surface area contributed by atoms with E-state index >= 15 is 0 Å². The summed E-state index contributed by atoms with van der Waals surface area (Å²) in [6.07, 6.45) is 4.09. The minimum atomic E-state index is -0.0903. The lowest BCUT2D eigenvalue weighted by Crippen LogP contribution is -2.25. The Balaban J connectivity index is 1.93. The Hall–Kier alpha value is -2.62. The molecule has 4 nitrogen and oxygen atoms in total. The lowest BCUT2D eigenvalue weighted by Gasteiger charge is -2.32. The molecule has 24 heavy (non-hydrogen) atoms. The van der Waals surface area contributed by atoms with Gasteiger partial charge in [-0.15, -0.1) is 0 Å². The van der Waals surface area contributed by atoms with E-state index in [4.69, 9.17) is 15.2 Å². The number of benzene rings is 2. The number of H-pyrrole nitrogens is 1. The molecule has 1 aliphatic heterocycles. The maximum absolute atomic E-state index is 6.14. The number of hydrogen-bond acceptors (Lipinski definition) is 3. The molecule has 2 aromatic carbocycles. The molecular formula is C20H22N2O2. The van der Waals surface area contributed by atoms with Gasteiger partial charge in [-0.2, -0.15) is 0 Å². The van der Waals surface area contributed by atoms with Crippen molar-refractivity contribution in [1.82, 2.24) is 4.98 Å². The summed E-state index contributed by atoms with van der Waals surface area (Å²) in [7, 11) is 0. The van der Waals surface area contributed by atoms with E-state index in [1.54, 1.807) is 0 Å². The van der Waals surface area contributed by atoms with Crippen molar-refractivity contribution in [3.05, 3.63) is 53.7 Å². The molecule has 0 unspecified atom stereocenters. The van der Waals surface area contributed by atoms with E-state index < -0.39 is 0 Å². The number of nitrogens with two attached hydrogens (primary N) is 1. The lowest BCUT2D eigenvalue weighted by molar-refractivity contribution is 0.174. The number of anilines is 1. The minimum Gasteiger partial charge on any atom is -0.454 e. The molecule has 4 rings (SSSR count). The predicted molar refractivity (Wildman–Crippen MR) is 96.6 cm³/mol. The number of rotatable bonds is 4. The van der Waals surface area contributed by atoms with Crippen molar-refractivity contribution < 1.29 is 9.47 Å². The van der Waals surface area contributed by atoms with Gasteiger partial charge in [0.1, 0.15) is 0 Å². The van der Waals surface area contributed by atoms with Crippen molar-refractivity contribution >= 4 is 16.6 Å². The summed E-state index contributed by atoms with van der Waals surface area (Å²) >= 11 is 0. The van der Waals surface area contributed by atoms with E-state index in [0.717, 1.165) is 35.5 Å². The van der Waals surface area contributed by atoms with Gasteiger partial charge in [0, 0.05) is 17.0 Å². The summed E-state index contributed by atoms with van der Waals surface area (Å²) < 4.78 is 11.1. The van der Waals surface area contributed by atoms with E-state index in [9.17, 15) is 0 Å². The molecule has 0 bridgehead atoms. The van der Waals surface area contributed by atoms with Gasteiger partial charge in [0.2, 0.25) is 6.79 Å².